The molecule has 0 bridgehead atoms. The normalized spacial score (nSPS) is 16.5. The zero-order valence-corrected chi connectivity index (χ0v) is 22.0. The fourth-order valence-electron chi connectivity index (χ4n) is 2.82. The van der Waals surface area contributed by atoms with E-state index in [2.05, 4.69) is 37.8 Å². The Morgan fingerprint density at radius 3 is 2.64 bits per heavy atom. The predicted molar refractivity (Wildman–Crippen MR) is 135 cm³/mol. The molecule has 0 saturated carbocycles. The van der Waals surface area contributed by atoms with Crippen LogP contribution in [0.4, 0.5) is 4.39 Å². The first kappa shape index (κ1) is 28.6. The quantitative estimate of drug-likeness (QED) is 0.285. The van der Waals surface area contributed by atoms with E-state index in [0.29, 0.717) is 26.6 Å². The minimum atomic E-state index is -1.10. The minimum Gasteiger partial charge on any atom is -0.463 e. The first-order valence-corrected chi connectivity index (χ1v) is 12.0. The maximum Gasteiger partial charge on any atom is 0.347 e. The number of aliphatic imine (C=N–C) groups is 2. The van der Waals surface area contributed by atoms with Crippen molar-refractivity contribution in [2.24, 2.45) is 9.98 Å². The maximum absolute atomic E-state index is 13.7. The van der Waals surface area contributed by atoms with E-state index >= 15 is 0 Å². The molecule has 2 atom stereocenters. The van der Waals surface area contributed by atoms with Gasteiger partial charge < -0.3 is 14.8 Å². The zero-order valence-electron chi connectivity index (χ0n) is 19.6. The van der Waals surface area contributed by atoms with E-state index in [-0.39, 0.29) is 12.2 Å². The molecule has 0 radical (unpaired) electrons. The lowest BCUT2D eigenvalue weighted by Gasteiger charge is -2.27. The summed E-state index contributed by atoms with van der Waals surface area (Å²) in [4.78, 5) is 33.8. The number of nitrogens with one attached hydrogen (secondary N) is 1. The molecule has 2 rings (SSSR count). The molecule has 1 aliphatic rings. The van der Waals surface area contributed by atoms with Crippen molar-refractivity contribution in [2.45, 2.75) is 46.8 Å². The maximum atomic E-state index is 13.7. The minimum absolute atomic E-state index is 0.170. The van der Waals surface area contributed by atoms with Crippen molar-refractivity contribution in [2.75, 3.05) is 13.7 Å². The number of halogens is 2. The van der Waals surface area contributed by atoms with Crippen LogP contribution >= 0.6 is 27.7 Å². The van der Waals surface area contributed by atoms with Crippen molar-refractivity contribution >= 4 is 50.5 Å². The van der Waals surface area contributed by atoms with Gasteiger partial charge >= 0.3 is 11.9 Å². The van der Waals surface area contributed by atoms with Crippen molar-refractivity contribution < 1.29 is 23.5 Å². The predicted octanol–water partition coefficient (Wildman–Crippen LogP) is 5.33. The molecule has 7 nitrogen and oxygen atoms in total. The summed E-state index contributed by atoms with van der Waals surface area (Å²) < 4.78 is 24.3. The highest BCUT2D eigenvalue weighted by atomic mass is 79.9. The second-order valence-electron chi connectivity index (χ2n) is 6.32. The van der Waals surface area contributed by atoms with Crippen LogP contribution in [0, 0.1) is 5.82 Å². The smallest absolute Gasteiger partial charge is 0.347 e. The number of esters is 2. The van der Waals surface area contributed by atoms with Gasteiger partial charge in [-0.25, -0.2) is 14.0 Å². The van der Waals surface area contributed by atoms with Gasteiger partial charge in [0.2, 0.25) is 0 Å². The van der Waals surface area contributed by atoms with Crippen molar-refractivity contribution in [3.63, 3.8) is 0 Å². The number of hydrogen-bond donors (Lipinski definition) is 1. The first-order chi connectivity index (χ1) is 15.7. The summed E-state index contributed by atoms with van der Waals surface area (Å²) in [6.07, 6.45) is -1.10. The van der Waals surface area contributed by atoms with Gasteiger partial charge in [0.15, 0.2) is 11.9 Å². The first-order valence-electron chi connectivity index (χ1n) is 10.4. The molecule has 0 aromatic heterocycles. The fraction of sp³-hybridized carbons (Fsp3) is 0.391. The molecule has 1 N–H and O–H groups in total. The molecule has 33 heavy (non-hydrogen) atoms. The molecule has 1 aromatic rings. The zero-order chi connectivity index (χ0) is 25.1. The van der Waals surface area contributed by atoms with E-state index in [4.69, 9.17) is 9.47 Å². The molecule has 1 aromatic carbocycles. The summed E-state index contributed by atoms with van der Waals surface area (Å²) in [5, 5.41) is 5.24. The summed E-state index contributed by atoms with van der Waals surface area (Å²) in [7, 11) is 1.61. The van der Waals surface area contributed by atoms with E-state index in [9.17, 15) is 14.0 Å². The highest BCUT2D eigenvalue weighted by Gasteiger charge is 2.34. The SMILES string of the molecule is C=CSC(=NC)C1=N[C@@H](c2ccc(F)cc2Br)C(C(=O)OC(C)C(=O)OCC)=C(C)N1.CC. The second-order valence-corrected chi connectivity index (χ2v) is 8.13. The highest BCUT2D eigenvalue weighted by Crippen LogP contribution is 2.36. The molecule has 1 unspecified atom stereocenters. The third kappa shape index (κ3) is 7.53. The Morgan fingerprint density at radius 2 is 2.09 bits per heavy atom. The van der Waals surface area contributed by atoms with Gasteiger partial charge in [0, 0.05) is 17.2 Å². The van der Waals surface area contributed by atoms with Gasteiger partial charge in [-0.1, -0.05) is 54.2 Å². The van der Waals surface area contributed by atoms with Crippen LogP contribution < -0.4 is 5.32 Å². The van der Waals surface area contributed by atoms with Crippen LogP contribution in [0.5, 0.6) is 0 Å². The van der Waals surface area contributed by atoms with Gasteiger partial charge in [-0.05, 0) is 43.9 Å². The Bertz CT molecular complexity index is 978. The van der Waals surface area contributed by atoms with Gasteiger partial charge in [0.25, 0.3) is 0 Å². The molecule has 0 fully saturated rings. The largest absolute Gasteiger partial charge is 0.463 e. The van der Waals surface area contributed by atoms with E-state index in [0.717, 1.165) is 0 Å². The Labute approximate surface area is 206 Å². The van der Waals surface area contributed by atoms with Crippen molar-refractivity contribution in [3.05, 3.63) is 57.3 Å². The van der Waals surface area contributed by atoms with Crippen molar-refractivity contribution in [1.82, 2.24) is 5.32 Å². The van der Waals surface area contributed by atoms with Crippen LogP contribution in [0.25, 0.3) is 0 Å². The van der Waals surface area contributed by atoms with Gasteiger partial charge in [-0.15, -0.1) is 0 Å². The van der Waals surface area contributed by atoms with Crippen molar-refractivity contribution in [3.8, 4) is 0 Å². The van der Waals surface area contributed by atoms with E-state index < -0.39 is 29.9 Å². The number of ether oxygens (including phenoxy) is 2. The molecule has 10 heteroatoms. The Balaban J connectivity index is 0.00000265. The number of carbonyl (C=O) groups is 2. The molecular formula is C23H29BrFN3O4S. The van der Waals surface area contributed by atoms with E-state index in [1.165, 1.54) is 36.9 Å². The van der Waals surface area contributed by atoms with Gasteiger partial charge in [-0.3, -0.25) is 9.98 Å². The lowest BCUT2D eigenvalue weighted by atomic mass is 9.96. The van der Waals surface area contributed by atoms with Gasteiger partial charge in [-0.2, -0.15) is 0 Å². The summed E-state index contributed by atoms with van der Waals surface area (Å²) in [6, 6.07) is 3.29. The molecule has 180 valence electrons. The molecule has 1 heterocycles. The van der Waals surface area contributed by atoms with Crippen LogP contribution in [0.3, 0.4) is 0 Å². The number of amidine groups is 1. The number of hydrogen-bond acceptors (Lipinski definition) is 8. The summed E-state index contributed by atoms with van der Waals surface area (Å²) in [5.41, 5.74) is 1.21. The molecular weight excluding hydrogens is 513 g/mol. The molecule has 0 aliphatic carbocycles. The Morgan fingerprint density at radius 1 is 1.42 bits per heavy atom. The molecule has 1 aliphatic heterocycles. The Kier molecular flexibility index (Phi) is 12.1. The van der Waals surface area contributed by atoms with Crippen LogP contribution in [0.2, 0.25) is 0 Å². The van der Waals surface area contributed by atoms with E-state index in [1.54, 1.807) is 26.3 Å². The van der Waals surface area contributed by atoms with Crippen molar-refractivity contribution in [1.29, 1.82) is 0 Å². The number of rotatable bonds is 7. The lowest BCUT2D eigenvalue weighted by Crippen LogP contribution is -2.37. The molecule has 0 amide bonds. The third-order valence-electron chi connectivity index (χ3n) is 4.22. The topological polar surface area (TPSA) is 89.4 Å². The fourth-order valence-corrected chi connectivity index (χ4v) is 3.87. The number of benzene rings is 1. The average molecular weight is 542 g/mol. The summed E-state index contributed by atoms with van der Waals surface area (Å²) >= 11 is 4.62. The van der Waals surface area contributed by atoms with Crippen LogP contribution in [0.15, 0.2) is 55.9 Å². The average Bonchev–Trinajstić information content (AvgIpc) is 2.78. The van der Waals surface area contributed by atoms with E-state index in [1.807, 2.05) is 13.8 Å². The third-order valence-corrected chi connectivity index (χ3v) is 5.67. The van der Waals surface area contributed by atoms with Gasteiger partial charge in [0.1, 0.15) is 16.9 Å². The lowest BCUT2D eigenvalue weighted by molar-refractivity contribution is -0.164. The number of thioether (sulfide) groups is 1. The number of allylic oxidation sites excluding steroid dienone is 1. The number of carbonyl (C=O) groups excluding carboxylic acids is 2. The summed E-state index contributed by atoms with van der Waals surface area (Å²) in [5.74, 6) is -1.39. The van der Waals surface area contributed by atoms with Gasteiger partial charge in [0.05, 0.1) is 12.2 Å². The van der Waals surface area contributed by atoms with Crippen LogP contribution in [-0.4, -0.2) is 42.6 Å². The highest BCUT2D eigenvalue weighted by molar-refractivity contribution is 9.10. The molecule has 0 spiro atoms. The monoisotopic (exact) mass is 541 g/mol. The van der Waals surface area contributed by atoms with Crippen LogP contribution in [0.1, 0.15) is 46.2 Å². The Hall–Kier alpha value is -2.46. The molecule has 0 saturated heterocycles. The second kappa shape index (κ2) is 13.9. The summed E-state index contributed by atoms with van der Waals surface area (Å²) in [6.45, 7) is 12.6. The van der Waals surface area contributed by atoms with Crippen LogP contribution in [-0.2, 0) is 19.1 Å². The number of nitrogens with zero attached hydrogens (tertiary/aromatic N) is 2. The standard InChI is InChI=1S/C21H23BrFN3O4S.C2H6/c1-6-29-20(27)12(4)30-21(28)16-11(3)25-18(19(24-5)31-7-2)26-17(16)14-9-8-13(23)10-15(14)22;1-2/h7-10,12,17H,2,6H2,1,3-5H3,(H,25,26);1-2H3/t12?,17-;/m0./s1.